The minimum absolute atomic E-state index is 0.379. The van der Waals surface area contributed by atoms with Crippen LogP contribution in [0.3, 0.4) is 0 Å². The van der Waals surface area contributed by atoms with Crippen LogP contribution >= 0.6 is 0 Å². The Balaban J connectivity index is 2.19. The molecule has 0 saturated carbocycles. The number of hydrogen-bond donors (Lipinski definition) is 0. The van der Waals surface area contributed by atoms with Crippen molar-refractivity contribution in [1.82, 2.24) is 0 Å². The minimum atomic E-state index is -0.379. The molecule has 0 radical (unpaired) electrons. The molecular formula is C21H34NO2+. The summed E-state index contributed by atoms with van der Waals surface area (Å²) in [7, 11) is 0. The van der Waals surface area contributed by atoms with E-state index in [-0.39, 0.29) is 5.97 Å². The summed E-state index contributed by atoms with van der Waals surface area (Å²) in [6, 6.07) is 5.86. The molecule has 3 heteroatoms. The molecule has 1 aromatic rings. The van der Waals surface area contributed by atoms with Gasteiger partial charge in [0.05, 0.1) is 0 Å². The summed E-state index contributed by atoms with van der Waals surface area (Å²) in [6.45, 7) is 7.54. The summed E-state index contributed by atoms with van der Waals surface area (Å²) >= 11 is 0. The van der Waals surface area contributed by atoms with E-state index >= 15 is 0 Å². The van der Waals surface area contributed by atoms with Crippen LogP contribution in [-0.2, 0) is 11.2 Å². The Labute approximate surface area is 147 Å². The number of aryl methyl sites for hydroxylation is 1. The number of nitrogens with zero attached hydrogens (tertiary/aromatic N) is 1. The largest absolute Gasteiger partial charge is 0.406 e. The Morgan fingerprint density at radius 3 is 2.17 bits per heavy atom. The lowest BCUT2D eigenvalue weighted by molar-refractivity contribution is -0.874. The standard InChI is InChI=1S/C21H34NO2/c1-4-5-6-7-8-9-10-11-12-13-16-20-17-14-15-18-22(20)24-21(23)19(2)3/h14-15,17-18H,2,4-13,16H2,1,3H3/q+1. The van der Waals surface area contributed by atoms with Crippen LogP contribution < -0.4 is 9.57 Å². The van der Waals surface area contributed by atoms with Crippen LogP contribution in [0.1, 0.15) is 83.7 Å². The van der Waals surface area contributed by atoms with E-state index < -0.39 is 0 Å². The number of carbonyl (C=O) groups excluding carboxylic acids is 1. The Morgan fingerprint density at radius 2 is 1.58 bits per heavy atom. The lowest BCUT2D eigenvalue weighted by Crippen LogP contribution is -2.48. The van der Waals surface area contributed by atoms with Crippen LogP contribution in [-0.4, -0.2) is 5.97 Å². The summed E-state index contributed by atoms with van der Waals surface area (Å²) < 4.78 is 1.57. The van der Waals surface area contributed by atoms with Crippen molar-refractivity contribution in [2.45, 2.75) is 84.5 Å². The molecule has 1 aromatic heterocycles. The van der Waals surface area contributed by atoms with Crippen molar-refractivity contribution in [3.8, 4) is 0 Å². The molecule has 0 unspecified atom stereocenters. The normalized spacial score (nSPS) is 10.6. The van der Waals surface area contributed by atoms with E-state index in [1.807, 2.05) is 18.2 Å². The van der Waals surface area contributed by atoms with Gasteiger partial charge in [0.25, 0.3) is 0 Å². The monoisotopic (exact) mass is 332 g/mol. The minimum Gasteiger partial charge on any atom is -0.239 e. The fourth-order valence-corrected chi connectivity index (χ4v) is 2.71. The van der Waals surface area contributed by atoms with Gasteiger partial charge in [-0.3, -0.25) is 0 Å². The molecule has 0 spiro atoms. The van der Waals surface area contributed by atoms with Gasteiger partial charge in [-0.15, -0.1) is 0 Å². The number of pyridine rings is 1. The van der Waals surface area contributed by atoms with Crippen LogP contribution in [0, 0.1) is 0 Å². The zero-order valence-corrected chi connectivity index (χ0v) is 15.6. The molecule has 0 saturated heterocycles. The van der Waals surface area contributed by atoms with E-state index in [9.17, 15) is 4.79 Å². The van der Waals surface area contributed by atoms with Crippen molar-refractivity contribution < 1.29 is 14.4 Å². The van der Waals surface area contributed by atoms with E-state index in [0.29, 0.717) is 5.57 Å². The average molecular weight is 333 g/mol. The van der Waals surface area contributed by atoms with Gasteiger partial charge >= 0.3 is 5.97 Å². The maximum atomic E-state index is 11.7. The molecular weight excluding hydrogens is 298 g/mol. The highest BCUT2D eigenvalue weighted by Crippen LogP contribution is 2.11. The van der Waals surface area contributed by atoms with Crippen LogP contribution in [0.2, 0.25) is 0 Å². The third kappa shape index (κ3) is 8.85. The van der Waals surface area contributed by atoms with E-state index in [0.717, 1.165) is 18.5 Å². The second-order valence-electron chi connectivity index (χ2n) is 6.61. The Hall–Kier alpha value is -1.64. The van der Waals surface area contributed by atoms with Crippen molar-refractivity contribution in [2.75, 3.05) is 0 Å². The van der Waals surface area contributed by atoms with Gasteiger partial charge in [0.15, 0.2) is 0 Å². The number of hydrogen-bond acceptors (Lipinski definition) is 2. The van der Waals surface area contributed by atoms with Gasteiger partial charge in [-0.05, 0) is 19.4 Å². The zero-order chi connectivity index (χ0) is 17.6. The number of rotatable bonds is 13. The van der Waals surface area contributed by atoms with Crippen molar-refractivity contribution >= 4 is 5.97 Å². The van der Waals surface area contributed by atoms with Gasteiger partial charge in [0, 0.05) is 28.9 Å². The first-order chi connectivity index (χ1) is 11.6. The van der Waals surface area contributed by atoms with Gasteiger partial charge in [0.1, 0.15) is 0 Å². The maximum absolute atomic E-state index is 11.7. The van der Waals surface area contributed by atoms with Crippen LogP contribution in [0.15, 0.2) is 36.5 Å². The van der Waals surface area contributed by atoms with E-state index in [1.54, 1.807) is 17.9 Å². The predicted molar refractivity (Wildman–Crippen MR) is 98.6 cm³/mol. The van der Waals surface area contributed by atoms with Crippen LogP contribution in [0.5, 0.6) is 0 Å². The van der Waals surface area contributed by atoms with E-state index in [1.165, 1.54) is 57.8 Å². The highest BCUT2D eigenvalue weighted by atomic mass is 16.7. The molecule has 3 nitrogen and oxygen atoms in total. The maximum Gasteiger partial charge on any atom is 0.406 e. The highest BCUT2D eigenvalue weighted by Gasteiger charge is 2.16. The van der Waals surface area contributed by atoms with Crippen molar-refractivity contribution in [3.63, 3.8) is 0 Å². The van der Waals surface area contributed by atoms with Crippen LogP contribution in [0.4, 0.5) is 0 Å². The second kappa shape index (κ2) is 12.7. The molecule has 0 atom stereocenters. The quantitative estimate of drug-likeness (QED) is 0.290. The molecule has 0 aliphatic heterocycles. The molecule has 0 aliphatic carbocycles. The van der Waals surface area contributed by atoms with E-state index in [2.05, 4.69) is 13.5 Å². The van der Waals surface area contributed by atoms with Crippen LogP contribution in [0.25, 0.3) is 0 Å². The lowest BCUT2D eigenvalue weighted by atomic mass is 10.1. The molecule has 0 aliphatic rings. The lowest BCUT2D eigenvalue weighted by Gasteiger charge is -2.03. The third-order valence-electron chi connectivity index (χ3n) is 4.22. The number of carbonyl (C=O) groups is 1. The summed E-state index contributed by atoms with van der Waals surface area (Å²) in [5.74, 6) is -0.379. The molecule has 134 valence electrons. The molecule has 0 fully saturated rings. The van der Waals surface area contributed by atoms with Gasteiger partial charge in [-0.1, -0.05) is 71.3 Å². The molecule has 1 rings (SSSR count). The number of aromatic nitrogens is 1. The smallest absolute Gasteiger partial charge is 0.239 e. The highest BCUT2D eigenvalue weighted by molar-refractivity contribution is 5.86. The predicted octanol–water partition coefficient (Wildman–Crippen LogP) is 4.97. The second-order valence-corrected chi connectivity index (χ2v) is 6.61. The zero-order valence-electron chi connectivity index (χ0n) is 15.6. The van der Waals surface area contributed by atoms with Gasteiger partial charge < -0.3 is 0 Å². The summed E-state index contributed by atoms with van der Waals surface area (Å²) in [5, 5.41) is 0. The van der Waals surface area contributed by atoms with E-state index in [4.69, 9.17) is 4.84 Å². The average Bonchev–Trinajstić information content (AvgIpc) is 2.57. The molecule has 1 heterocycles. The molecule has 0 amide bonds. The molecule has 0 aromatic carbocycles. The van der Waals surface area contributed by atoms with Gasteiger partial charge in [-0.25, -0.2) is 4.79 Å². The summed E-state index contributed by atoms with van der Waals surface area (Å²) in [4.78, 5) is 17.0. The first-order valence-electron chi connectivity index (χ1n) is 9.53. The number of unbranched alkanes of at least 4 members (excludes halogenated alkanes) is 9. The fraction of sp³-hybridized carbons (Fsp3) is 0.619. The SMILES string of the molecule is C=C(C)C(=O)O[n+]1ccccc1CCCCCCCCCCCC. The molecule has 0 N–H and O–H groups in total. The first kappa shape index (κ1) is 20.4. The van der Waals surface area contributed by atoms with Crippen molar-refractivity contribution in [2.24, 2.45) is 0 Å². The fourth-order valence-electron chi connectivity index (χ4n) is 2.71. The van der Waals surface area contributed by atoms with Gasteiger partial charge in [-0.2, -0.15) is 4.84 Å². The van der Waals surface area contributed by atoms with Crippen molar-refractivity contribution in [3.05, 3.63) is 42.2 Å². The first-order valence-corrected chi connectivity index (χ1v) is 9.53. The Bertz CT molecular complexity index is 496. The summed E-state index contributed by atoms with van der Waals surface area (Å²) in [6.07, 6.45) is 16.0. The topological polar surface area (TPSA) is 30.2 Å². The third-order valence-corrected chi connectivity index (χ3v) is 4.22. The Morgan fingerprint density at radius 1 is 1.00 bits per heavy atom. The van der Waals surface area contributed by atoms with Gasteiger partial charge in [0.2, 0.25) is 11.9 Å². The Kier molecular flexibility index (Phi) is 10.8. The van der Waals surface area contributed by atoms with Crippen molar-refractivity contribution in [1.29, 1.82) is 0 Å². The summed E-state index contributed by atoms with van der Waals surface area (Å²) in [5.41, 5.74) is 1.45. The molecule has 24 heavy (non-hydrogen) atoms. The molecule has 0 bridgehead atoms.